The maximum Gasteiger partial charge on any atom is 0.320 e. The molecular formula is C21H19F2N3O5S. The summed E-state index contributed by atoms with van der Waals surface area (Å²) in [7, 11) is 1.47. The van der Waals surface area contributed by atoms with E-state index >= 15 is 0 Å². The topological polar surface area (TPSA) is 121 Å². The lowest BCUT2D eigenvalue weighted by Gasteiger charge is -2.17. The van der Waals surface area contributed by atoms with Crippen molar-refractivity contribution >= 4 is 29.0 Å². The minimum Gasteiger partial charge on any atom is -0.505 e. The maximum atomic E-state index is 14.1. The number of aryl methyl sites for hydroxylation is 1. The van der Waals surface area contributed by atoms with Gasteiger partial charge in [-0.2, -0.15) is 0 Å². The van der Waals surface area contributed by atoms with Crippen LogP contribution in [-0.2, 0) is 11.8 Å². The van der Waals surface area contributed by atoms with Crippen LogP contribution < -0.4 is 16.2 Å². The summed E-state index contributed by atoms with van der Waals surface area (Å²) in [6, 6.07) is 3.98. The largest absolute Gasteiger partial charge is 0.505 e. The smallest absolute Gasteiger partial charge is 0.320 e. The number of nitrogens with zero attached hydrogens (tertiary/aromatic N) is 1. The quantitative estimate of drug-likeness (QED) is 0.444. The third kappa shape index (κ3) is 4.94. The first kappa shape index (κ1) is 22.9. The minimum atomic E-state index is -1.20. The maximum absolute atomic E-state index is 14.1. The Morgan fingerprint density at radius 1 is 1.22 bits per heavy atom. The number of benzene rings is 1. The molecule has 2 amide bonds. The molecule has 0 aliphatic rings. The molecule has 1 aromatic carbocycles. The molecule has 0 spiro atoms. The number of urea groups is 1. The van der Waals surface area contributed by atoms with Gasteiger partial charge in [0.15, 0.2) is 5.69 Å². The fourth-order valence-corrected chi connectivity index (χ4v) is 3.99. The summed E-state index contributed by atoms with van der Waals surface area (Å²) in [5.74, 6) is -3.14. The van der Waals surface area contributed by atoms with E-state index in [0.29, 0.717) is 16.1 Å². The number of anilines is 1. The number of thiophene rings is 1. The van der Waals surface area contributed by atoms with E-state index in [-0.39, 0.29) is 11.3 Å². The second-order valence-corrected chi connectivity index (χ2v) is 7.96. The number of hydrogen-bond acceptors (Lipinski definition) is 5. The van der Waals surface area contributed by atoms with Gasteiger partial charge < -0.3 is 25.4 Å². The number of halogens is 2. The summed E-state index contributed by atoms with van der Waals surface area (Å²) in [6.45, 7) is 1.60. The highest BCUT2D eigenvalue weighted by molar-refractivity contribution is 7.10. The van der Waals surface area contributed by atoms with Gasteiger partial charge in [-0.3, -0.25) is 9.59 Å². The van der Waals surface area contributed by atoms with Gasteiger partial charge in [0.25, 0.3) is 5.56 Å². The summed E-state index contributed by atoms with van der Waals surface area (Å²) < 4.78 is 28.5. The number of carboxylic acid groups (broad SMARTS) is 1. The minimum absolute atomic E-state index is 0.125. The van der Waals surface area contributed by atoms with Crippen molar-refractivity contribution in [3.63, 3.8) is 0 Å². The molecule has 3 aromatic rings. The van der Waals surface area contributed by atoms with Crippen molar-refractivity contribution in [1.82, 2.24) is 9.88 Å². The zero-order valence-electron chi connectivity index (χ0n) is 17.0. The Balaban J connectivity index is 1.85. The van der Waals surface area contributed by atoms with Crippen molar-refractivity contribution < 1.29 is 28.6 Å². The molecule has 11 heteroatoms. The molecule has 168 valence electrons. The van der Waals surface area contributed by atoms with Crippen molar-refractivity contribution in [2.45, 2.75) is 19.4 Å². The third-order valence-corrected chi connectivity index (χ3v) is 5.82. The number of carboxylic acids is 1. The Hall–Kier alpha value is -3.73. The van der Waals surface area contributed by atoms with E-state index < -0.39 is 47.4 Å². The van der Waals surface area contributed by atoms with E-state index in [4.69, 9.17) is 0 Å². The van der Waals surface area contributed by atoms with Gasteiger partial charge in [0.2, 0.25) is 0 Å². The van der Waals surface area contributed by atoms with Gasteiger partial charge in [-0.15, -0.1) is 11.3 Å². The number of carbonyl (C=O) groups is 2. The molecule has 0 saturated heterocycles. The molecule has 1 atom stereocenters. The molecule has 32 heavy (non-hydrogen) atoms. The number of amides is 2. The highest BCUT2D eigenvalue weighted by atomic mass is 32.1. The van der Waals surface area contributed by atoms with Crippen LogP contribution in [-0.4, -0.2) is 26.8 Å². The van der Waals surface area contributed by atoms with E-state index in [1.54, 1.807) is 12.3 Å². The molecule has 0 saturated carbocycles. The Labute approximate surface area is 184 Å². The molecule has 0 aliphatic carbocycles. The zero-order valence-corrected chi connectivity index (χ0v) is 17.8. The molecule has 1 unspecified atom stereocenters. The number of pyridine rings is 1. The van der Waals surface area contributed by atoms with E-state index in [1.807, 2.05) is 0 Å². The Morgan fingerprint density at radius 2 is 1.94 bits per heavy atom. The van der Waals surface area contributed by atoms with Crippen LogP contribution >= 0.6 is 11.3 Å². The van der Waals surface area contributed by atoms with Gasteiger partial charge in [0.1, 0.15) is 17.4 Å². The lowest BCUT2D eigenvalue weighted by atomic mass is 10.1. The summed E-state index contributed by atoms with van der Waals surface area (Å²) in [5.41, 5.74) is -0.00504. The second-order valence-electron chi connectivity index (χ2n) is 7.02. The van der Waals surface area contributed by atoms with E-state index in [1.165, 1.54) is 29.8 Å². The molecule has 0 fully saturated rings. The van der Waals surface area contributed by atoms with E-state index in [0.717, 1.165) is 23.5 Å². The summed E-state index contributed by atoms with van der Waals surface area (Å²) >= 11 is 1.08. The van der Waals surface area contributed by atoms with Gasteiger partial charge in [0.05, 0.1) is 12.5 Å². The van der Waals surface area contributed by atoms with Gasteiger partial charge in [-0.05, 0) is 36.1 Å². The summed E-state index contributed by atoms with van der Waals surface area (Å²) in [6.07, 6.45) is -0.489. The van der Waals surface area contributed by atoms with Crippen molar-refractivity contribution in [3.8, 4) is 16.9 Å². The second kappa shape index (κ2) is 9.18. The number of hydrogen-bond donors (Lipinski definition) is 4. The molecular weight excluding hydrogens is 444 g/mol. The Bertz CT molecular complexity index is 1250. The predicted octanol–water partition coefficient (Wildman–Crippen LogP) is 3.74. The first-order valence-corrected chi connectivity index (χ1v) is 10.2. The van der Waals surface area contributed by atoms with Crippen LogP contribution in [0.5, 0.6) is 5.75 Å². The van der Waals surface area contributed by atoms with Gasteiger partial charge in [0, 0.05) is 35.3 Å². The Kier molecular flexibility index (Phi) is 6.58. The van der Waals surface area contributed by atoms with Crippen LogP contribution in [0.1, 0.15) is 23.0 Å². The number of rotatable bonds is 6. The lowest BCUT2D eigenvalue weighted by molar-refractivity contribution is -0.137. The van der Waals surface area contributed by atoms with Gasteiger partial charge in [-0.1, -0.05) is 0 Å². The van der Waals surface area contributed by atoms with Crippen LogP contribution in [0.15, 0.2) is 40.5 Å². The summed E-state index contributed by atoms with van der Waals surface area (Å²) in [4.78, 5) is 36.5. The average Bonchev–Trinajstić information content (AvgIpc) is 3.18. The molecule has 2 aromatic heterocycles. The Morgan fingerprint density at radius 3 is 2.59 bits per heavy atom. The highest BCUT2D eigenvalue weighted by Crippen LogP contribution is 2.32. The number of carbonyl (C=O) groups excluding carboxylic acids is 1. The number of aliphatic carboxylic acids is 1. The molecule has 3 rings (SSSR count). The van der Waals surface area contributed by atoms with Gasteiger partial charge >= 0.3 is 12.0 Å². The molecule has 0 bridgehead atoms. The first-order valence-electron chi connectivity index (χ1n) is 9.29. The molecule has 4 N–H and O–H groups in total. The van der Waals surface area contributed by atoms with Crippen LogP contribution in [0.4, 0.5) is 19.3 Å². The standard InChI is InChI=1S/C21H19F2N3O5S/c1-10-5-16(27)19(20(30)26(10)2)25-21(31)24-15(8-18(28)29)17-6-11(9-32-17)13-4-3-12(22)7-14(13)23/h3-7,9,15,27H,8H2,1-2H3,(H,28,29)(H2,24,25,31). The molecule has 8 nitrogen and oxygen atoms in total. The first-order chi connectivity index (χ1) is 15.1. The molecule has 0 aliphatic heterocycles. The van der Waals surface area contributed by atoms with Crippen molar-refractivity contribution in [2.75, 3.05) is 5.32 Å². The fraction of sp³-hybridized carbons (Fsp3) is 0.190. The van der Waals surface area contributed by atoms with Gasteiger partial charge in [-0.25, -0.2) is 13.6 Å². The van der Waals surface area contributed by atoms with Crippen molar-refractivity contribution in [2.24, 2.45) is 7.05 Å². The average molecular weight is 463 g/mol. The SMILES string of the molecule is Cc1cc(O)c(NC(=O)NC(CC(=O)O)c2cc(-c3ccc(F)cc3F)cs2)c(=O)n1C. The zero-order chi connectivity index (χ0) is 23.6. The van der Waals surface area contributed by atoms with Crippen LogP contribution in [0.25, 0.3) is 11.1 Å². The van der Waals surface area contributed by atoms with E-state index in [2.05, 4.69) is 10.6 Å². The van der Waals surface area contributed by atoms with Crippen LogP contribution in [0, 0.1) is 18.6 Å². The number of aromatic nitrogens is 1. The van der Waals surface area contributed by atoms with E-state index in [9.17, 15) is 33.4 Å². The third-order valence-electron chi connectivity index (χ3n) is 4.78. The molecule has 2 heterocycles. The van der Waals surface area contributed by atoms with Crippen molar-refractivity contribution in [1.29, 1.82) is 0 Å². The molecule has 0 radical (unpaired) electrons. The fourth-order valence-electron chi connectivity index (χ4n) is 3.03. The normalized spacial score (nSPS) is 11.8. The highest BCUT2D eigenvalue weighted by Gasteiger charge is 2.22. The monoisotopic (exact) mass is 463 g/mol. The van der Waals surface area contributed by atoms with Crippen LogP contribution in [0.2, 0.25) is 0 Å². The predicted molar refractivity (Wildman–Crippen MR) is 115 cm³/mol. The van der Waals surface area contributed by atoms with Crippen LogP contribution in [0.3, 0.4) is 0 Å². The number of nitrogens with one attached hydrogen (secondary N) is 2. The number of aromatic hydroxyl groups is 1. The summed E-state index contributed by atoms with van der Waals surface area (Å²) in [5, 5.41) is 25.5. The lowest BCUT2D eigenvalue weighted by Crippen LogP contribution is -2.35. The van der Waals surface area contributed by atoms with Crippen molar-refractivity contribution in [3.05, 3.63) is 68.3 Å².